The molecule has 0 aliphatic carbocycles. The van der Waals surface area contributed by atoms with Crippen molar-refractivity contribution in [2.24, 2.45) is 0 Å². The minimum atomic E-state index is -0.394. The molecule has 0 aliphatic rings. The van der Waals surface area contributed by atoms with Crippen molar-refractivity contribution in [1.29, 1.82) is 0 Å². The molecule has 5 heteroatoms. The Morgan fingerprint density at radius 2 is 2.00 bits per heavy atom. The summed E-state index contributed by atoms with van der Waals surface area (Å²) in [6.45, 7) is 0. The van der Waals surface area contributed by atoms with Crippen molar-refractivity contribution in [3.8, 4) is 0 Å². The van der Waals surface area contributed by atoms with Gasteiger partial charge < -0.3 is 5.32 Å². The summed E-state index contributed by atoms with van der Waals surface area (Å²) in [5, 5.41) is 4.06. The smallest absolute Gasteiger partial charge is 0.142 e. The van der Waals surface area contributed by atoms with Crippen LogP contribution in [0.2, 0.25) is 10.0 Å². The molecular weight excluding hydrogens is 364 g/mol. The second-order valence-electron chi connectivity index (χ2n) is 4.42. The van der Waals surface area contributed by atoms with Crippen molar-refractivity contribution < 1.29 is 4.39 Å². The Hall–Kier alpha value is -0.610. The van der Waals surface area contributed by atoms with Crippen molar-refractivity contribution in [3.05, 3.63) is 67.9 Å². The van der Waals surface area contributed by atoms with E-state index in [1.807, 2.05) is 31.3 Å². The Kier molecular flexibility index (Phi) is 5.44. The molecule has 0 amide bonds. The van der Waals surface area contributed by atoms with Crippen LogP contribution in [0.3, 0.4) is 0 Å². The number of nitrogens with one attached hydrogen (secondary N) is 1. The van der Waals surface area contributed by atoms with Crippen LogP contribution in [0, 0.1) is 5.82 Å². The molecule has 0 fully saturated rings. The molecule has 1 nitrogen and oxygen atoms in total. The quantitative estimate of drug-likeness (QED) is 0.753. The molecule has 1 N–H and O–H groups in total. The lowest BCUT2D eigenvalue weighted by molar-refractivity contribution is 0.582. The molecule has 0 bridgehead atoms. The van der Waals surface area contributed by atoms with Gasteiger partial charge in [-0.3, -0.25) is 0 Å². The molecular formula is C15H13BrCl2FN. The summed E-state index contributed by atoms with van der Waals surface area (Å²) in [6.07, 6.45) is 0.591. The van der Waals surface area contributed by atoms with Crippen LogP contribution in [-0.2, 0) is 6.42 Å². The van der Waals surface area contributed by atoms with Crippen LogP contribution in [0.4, 0.5) is 4.39 Å². The zero-order valence-electron chi connectivity index (χ0n) is 10.8. The van der Waals surface area contributed by atoms with Gasteiger partial charge in [-0.15, -0.1) is 0 Å². The van der Waals surface area contributed by atoms with Gasteiger partial charge in [0.2, 0.25) is 0 Å². The summed E-state index contributed by atoms with van der Waals surface area (Å²) in [6, 6.07) is 10.5. The van der Waals surface area contributed by atoms with E-state index in [9.17, 15) is 4.39 Å². The zero-order chi connectivity index (χ0) is 14.7. The molecule has 1 atom stereocenters. The third-order valence-corrected chi connectivity index (χ3v) is 4.49. The van der Waals surface area contributed by atoms with Crippen LogP contribution >= 0.6 is 39.1 Å². The van der Waals surface area contributed by atoms with Gasteiger partial charge in [-0.2, -0.15) is 0 Å². The van der Waals surface area contributed by atoms with E-state index in [1.54, 1.807) is 6.07 Å². The largest absolute Gasteiger partial charge is 0.313 e. The van der Waals surface area contributed by atoms with Gasteiger partial charge in [-0.25, -0.2) is 4.39 Å². The number of halogens is 4. The number of hydrogen-bond acceptors (Lipinski definition) is 1. The van der Waals surface area contributed by atoms with Gasteiger partial charge in [0, 0.05) is 15.5 Å². The summed E-state index contributed by atoms with van der Waals surface area (Å²) < 4.78 is 14.4. The second-order valence-corrected chi connectivity index (χ2v) is 6.09. The predicted octanol–water partition coefficient (Wildman–Crippen LogP) is 5.40. The maximum atomic E-state index is 13.5. The SMILES string of the molecule is CNC(Cc1cccc(F)c1Cl)c1ccc(Cl)cc1Br. The fraction of sp³-hybridized carbons (Fsp3) is 0.200. The highest BCUT2D eigenvalue weighted by Crippen LogP contribution is 2.30. The Morgan fingerprint density at radius 3 is 2.65 bits per heavy atom. The van der Waals surface area contributed by atoms with Gasteiger partial charge in [-0.1, -0.05) is 57.3 Å². The predicted molar refractivity (Wildman–Crippen MR) is 86.1 cm³/mol. The Labute approximate surface area is 136 Å². The van der Waals surface area contributed by atoms with Crippen LogP contribution in [0.1, 0.15) is 17.2 Å². The van der Waals surface area contributed by atoms with E-state index in [0.717, 1.165) is 15.6 Å². The molecule has 106 valence electrons. The molecule has 0 aliphatic heterocycles. The monoisotopic (exact) mass is 375 g/mol. The molecule has 0 heterocycles. The normalized spacial score (nSPS) is 12.4. The van der Waals surface area contributed by atoms with Gasteiger partial charge >= 0.3 is 0 Å². The van der Waals surface area contributed by atoms with Crippen molar-refractivity contribution in [2.75, 3.05) is 7.05 Å². The summed E-state index contributed by atoms with van der Waals surface area (Å²) in [5.74, 6) is -0.394. The number of likely N-dealkylation sites (N-methyl/N-ethyl adjacent to an activating group) is 1. The number of rotatable bonds is 4. The minimum Gasteiger partial charge on any atom is -0.313 e. The summed E-state index contributed by atoms with van der Waals surface area (Å²) in [7, 11) is 1.86. The zero-order valence-corrected chi connectivity index (χ0v) is 13.9. The highest BCUT2D eigenvalue weighted by molar-refractivity contribution is 9.10. The molecule has 0 radical (unpaired) electrons. The fourth-order valence-corrected chi connectivity index (χ4v) is 3.24. The van der Waals surface area contributed by atoms with Crippen LogP contribution in [0.15, 0.2) is 40.9 Å². The molecule has 2 aromatic carbocycles. The van der Waals surface area contributed by atoms with Gasteiger partial charge in [0.1, 0.15) is 5.82 Å². The average molecular weight is 377 g/mol. The first-order chi connectivity index (χ1) is 9.52. The standard InChI is InChI=1S/C15H13BrCl2FN/c1-20-14(11-6-5-10(17)8-12(11)16)7-9-3-2-4-13(19)15(9)18/h2-6,8,14,20H,7H2,1H3. The first-order valence-corrected chi connectivity index (χ1v) is 7.63. The van der Waals surface area contributed by atoms with Crippen LogP contribution in [0.25, 0.3) is 0 Å². The molecule has 20 heavy (non-hydrogen) atoms. The van der Waals surface area contributed by atoms with Crippen molar-refractivity contribution in [2.45, 2.75) is 12.5 Å². The molecule has 2 rings (SSSR count). The average Bonchev–Trinajstić information content (AvgIpc) is 2.41. The Morgan fingerprint density at radius 1 is 1.25 bits per heavy atom. The minimum absolute atomic E-state index is 0.0148. The van der Waals surface area contributed by atoms with Crippen molar-refractivity contribution in [1.82, 2.24) is 5.32 Å². The van der Waals surface area contributed by atoms with E-state index in [0.29, 0.717) is 11.4 Å². The first kappa shape index (κ1) is 15.8. The fourth-order valence-electron chi connectivity index (χ4n) is 2.08. The highest BCUT2D eigenvalue weighted by atomic mass is 79.9. The maximum absolute atomic E-state index is 13.5. The van der Waals surface area contributed by atoms with Gasteiger partial charge in [0.25, 0.3) is 0 Å². The molecule has 1 unspecified atom stereocenters. The van der Waals surface area contributed by atoms with E-state index >= 15 is 0 Å². The first-order valence-electron chi connectivity index (χ1n) is 6.08. The van der Waals surface area contributed by atoms with E-state index < -0.39 is 5.82 Å². The molecule has 0 saturated heterocycles. The van der Waals surface area contributed by atoms with Gasteiger partial charge in [0.05, 0.1) is 5.02 Å². The molecule has 0 aromatic heterocycles. The third-order valence-electron chi connectivity index (χ3n) is 3.14. The second kappa shape index (κ2) is 6.90. The van der Waals surface area contributed by atoms with Gasteiger partial charge in [-0.05, 0) is 42.8 Å². The number of hydrogen-bond donors (Lipinski definition) is 1. The van der Waals surface area contributed by atoms with Gasteiger partial charge in [0.15, 0.2) is 0 Å². The Bertz CT molecular complexity index is 619. The maximum Gasteiger partial charge on any atom is 0.142 e. The Balaban J connectivity index is 2.31. The molecule has 0 spiro atoms. The van der Waals surface area contributed by atoms with E-state index in [4.69, 9.17) is 23.2 Å². The van der Waals surface area contributed by atoms with Crippen LogP contribution in [0.5, 0.6) is 0 Å². The summed E-state index contributed by atoms with van der Waals surface area (Å²) in [5.41, 5.74) is 1.82. The number of benzene rings is 2. The molecule has 2 aromatic rings. The lowest BCUT2D eigenvalue weighted by Gasteiger charge is -2.19. The van der Waals surface area contributed by atoms with Crippen molar-refractivity contribution in [3.63, 3.8) is 0 Å². The highest BCUT2D eigenvalue weighted by Gasteiger charge is 2.16. The summed E-state index contributed by atoms with van der Waals surface area (Å²) in [4.78, 5) is 0. The molecule has 0 saturated carbocycles. The lowest BCUT2D eigenvalue weighted by Crippen LogP contribution is -2.19. The lowest BCUT2D eigenvalue weighted by atomic mass is 9.99. The van der Waals surface area contributed by atoms with Crippen molar-refractivity contribution >= 4 is 39.1 Å². The van der Waals surface area contributed by atoms with E-state index in [1.165, 1.54) is 6.07 Å². The third kappa shape index (κ3) is 3.53. The van der Waals surface area contributed by atoms with Crippen LogP contribution < -0.4 is 5.32 Å². The topological polar surface area (TPSA) is 12.0 Å². The summed E-state index contributed by atoms with van der Waals surface area (Å²) >= 11 is 15.5. The van der Waals surface area contributed by atoms with E-state index in [2.05, 4.69) is 21.2 Å². The van der Waals surface area contributed by atoms with Crippen LogP contribution in [-0.4, -0.2) is 7.05 Å². The van der Waals surface area contributed by atoms with E-state index in [-0.39, 0.29) is 11.1 Å².